The number of nitrogens with one attached hydrogen (secondary N) is 1. The summed E-state index contributed by atoms with van der Waals surface area (Å²) in [5.41, 5.74) is 4.49. The molecule has 0 spiro atoms. The van der Waals surface area contributed by atoms with Crippen LogP contribution in [0.3, 0.4) is 0 Å². The summed E-state index contributed by atoms with van der Waals surface area (Å²) in [6.45, 7) is 5.71. The zero-order valence-electron chi connectivity index (χ0n) is 20.7. The summed E-state index contributed by atoms with van der Waals surface area (Å²) in [4.78, 5) is 43.4. The fraction of sp³-hybridized carbons (Fsp3) is 0.321. The molecule has 2 aromatic heterocycles. The molecule has 4 aromatic rings. The van der Waals surface area contributed by atoms with E-state index in [0.717, 1.165) is 33.3 Å². The molecule has 186 valence electrons. The third-order valence-electron chi connectivity index (χ3n) is 6.83. The first-order chi connectivity index (χ1) is 17.3. The van der Waals surface area contributed by atoms with Gasteiger partial charge in [0.15, 0.2) is 6.10 Å². The van der Waals surface area contributed by atoms with Gasteiger partial charge in [0.05, 0.1) is 19.0 Å². The number of ether oxygens (including phenoxy) is 2. The summed E-state index contributed by atoms with van der Waals surface area (Å²) in [7, 11) is 1.33. The first-order valence-corrected chi connectivity index (χ1v) is 12.0. The maximum absolute atomic E-state index is 13.7. The van der Waals surface area contributed by atoms with Crippen molar-refractivity contribution in [3.63, 3.8) is 0 Å². The summed E-state index contributed by atoms with van der Waals surface area (Å²) in [6, 6.07) is 12.2. The van der Waals surface area contributed by atoms with E-state index >= 15 is 0 Å². The van der Waals surface area contributed by atoms with Crippen LogP contribution in [-0.4, -0.2) is 41.0 Å². The van der Waals surface area contributed by atoms with Gasteiger partial charge in [0.2, 0.25) is 0 Å². The van der Waals surface area contributed by atoms with Gasteiger partial charge in [-0.3, -0.25) is 4.79 Å². The Balaban J connectivity index is 1.50. The van der Waals surface area contributed by atoms with Crippen LogP contribution in [0.4, 0.5) is 0 Å². The summed E-state index contributed by atoms with van der Waals surface area (Å²) >= 11 is 0. The van der Waals surface area contributed by atoms with Crippen LogP contribution < -0.4 is 10.4 Å². The highest BCUT2D eigenvalue weighted by molar-refractivity contribution is 5.92. The molecule has 1 N–H and O–H groups in total. The number of hydrogen-bond donors (Lipinski definition) is 1. The molecule has 1 amide bonds. The molecule has 5 rings (SSSR count). The average molecular weight is 489 g/mol. The fourth-order valence-electron chi connectivity index (χ4n) is 5.10. The lowest BCUT2D eigenvalue weighted by atomic mass is 9.96. The minimum absolute atomic E-state index is 0.236. The van der Waals surface area contributed by atoms with Crippen molar-refractivity contribution in [3.05, 3.63) is 75.3 Å². The molecule has 1 aliphatic heterocycles. The molecule has 36 heavy (non-hydrogen) atoms. The zero-order valence-corrected chi connectivity index (χ0v) is 20.7. The zero-order chi connectivity index (χ0) is 25.6. The Bertz CT molecular complexity index is 1550. The number of amides is 1. The van der Waals surface area contributed by atoms with Gasteiger partial charge in [-0.2, -0.15) is 0 Å². The van der Waals surface area contributed by atoms with Crippen LogP contribution in [0.5, 0.6) is 5.75 Å². The van der Waals surface area contributed by atoms with Crippen molar-refractivity contribution in [2.24, 2.45) is 0 Å². The van der Waals surface area contributed by atoms with Gasteiger partial charge in [-0.05, 0) is 55.2 Å². The Labute approximate surface area is 207 Å². The van der Waals surface area contributed by atoms with Crippen molar-refractivity contribution in [2.75, 3.05) is 7.11 Å². The van der Waals surface area contributed by atoms with Gasteiger partial charge in [0.25, 0.3) is 5.91 Å². The van der Waals surface area contributed by atoms with E-state index in [0.29, 0.717) is 29.6 Å². The van der Waals surface area contributed by atoms with E-state index in [-0.39, 0.29) is 12.5 Å². The van der Waals surface area contributed by atoms with Gasteiger partial charge in [-0.25, -0.2) is 9.59 Å². The Morgan fingerprint density at radius 1 is 1.22 bits per heavy atom. The summed E-state index contributed by atoms with van der Waals surface area (Å²) in [5, 5.41) is 1.71. The molecule has 2 aromatic carbocycles. The quantitative estimate of drug-likeness (QED) is 0.336. The van der Waals surface area contributed by atoms with E-state index < -0.39 is 23.7 Å². The predicted octanol–water partition coefficient (Wildman–Crippen LogP) is 4.04. The standard InChI is InChI=1S/C28H28N2O6/c1-5-17-12-25(31)36-24-11-15(2)10-23(26(17)24)35-16(3)27(32)30-14-21-19(13-22(30)28(33)34-4)18-8-6-7-9-20(18)29-21/h6-12,16,22,29H,5,13-14H2,1-4H3/t16-,22+/m1/s1. The fourth-order valence-corrected chi connectivity index (χ4v) is 5.10. The molecule has 8 nitrogen and oxygen atoms in total. The maximum Gasteiger partial charge on any atom is 0.336 e. The third kappa shape index (κ3) is 4.02. The Kier molecular flexibility index (Phi) is 6.04. The Hall–Kier alpha value is -4.07. The molecule has 0 aliphatic carbocycles. The van der Waals surface area contributed by atoms with Crippen LogP contribution in [0, 0.1) is 6.92 Å². The second kappa shape index (κ2) is 9.18. The monoisotopic (exact) mass is 488 g/mol. The second-order valence-corrected chi connectivity index (χ2v) is 9.18. The van der Waals surface area contributed by atoms with E-state index in [4.69, 9.17) is 13.9 Å². The number of rotatable bonds is 5. The smallest absolute Gasteiger partial charge is 0.336 e. The molecule has 0 fully saturated rings. The minimum Gasteiger partial charge on any atom is -0.480 e. The van der Waals surface area contributed by atoms with Gasteiger partial charge in [0.1, 0.15) is 17.4 Å². The number of H-pyrrole nitrogens is 1. The number of carbonyl (C=O) groups excluding carboxylic acids is 2. The van der Waals surface area contributed by atoms with Crippen LogP contribution in [0.15, 0.2) is 51.7 Å². The normalized spacial score (nSPS) is 16.1. The molecule has 1 aliphatic rings. The largest absolute Gasteiger partial charge is 0.480 e. The van der Waals surface area contributed by atoms with E-state index in [1.54, 1.807) is 13.0 Å². The molecule has 0 saturated carbocycles. The summed E-state index contributed by atoms with van der Waals surface area (Å²) < 4.78 is 16.7. The van der Waals surface area contributed by atoms with Crippen molar-refractivity contribution in [3.8, 4) is 5.75 Å². The van der Waals surface area contributed by atoms with Crippen LogP contribution in [-0.2, 0) is 33.7 Å². The number of esters is 1. The number of benzene rings is 2. The van der Waals surface area contributed by atoms with Crippen LogP contribution in [0.1, 0.15) is 36.2 Å². The molecule has 0 radical (unpaired) electrons. The van der Waals surface area contributed by atoms with Crippen LogP contribution >= 0.6 is 0 Å². The van der Waals surface area contributed by atoms with Gasteiger partial charge in [-0.15, -0.1) is 0 Å². The Morgan fingerprint density at radius 3 is 2.75 bits per heavy atom. The number of para-hydroxylation sites is 1. The molecule has 0 bridgehead atoms. The van der Waals surface area contributed by atoms with E-state index in [1.165, 1.54) is 18.1 Å². The predicted molar refractivity (Wildman–Crippen MR) is 135 cm³/mol. The van der Waals surface area contributed by atoms with Crippen molar-refractivity contribution in [2.45, 2.75) is 52.3 Å². The highest BCUT2D eigenvalue weighted by atomic mass is 16.5. The second-order valence-electron chi connectivity index (χ2n) is 9.18. The van der Waals surface area contributed by atoms with Gasteiger partial charge >= 0.3 is 11.6 Å². The van der Waals surface area contributed by atoms with Gasteiger partial charge in [-0.1, -0.05) is 25.1 Å². The number of methoxy groups -OCH3 is 1. The highest BCUT2D eigenvalue weighted by Gasteiger charge is 2.39. The lowest BCUT2D eigenvalue weighted by molar-refractivity contribution is -0.156. The molecule has 0 saturated heterocycles. The number of aromatic nitrogens is 1. The number of aromatic amines is 1. The minimum atomic E-state index is -0.898. The molecule has 2 atom stereocenters. The number of aryl methyl sites for hydroxylation is 2. The van der Waals surface area contributed by atoms with Gasteiger partial charge in [0, 0.05) is 29.1 Å². The maximum atomic E-state index is 13.7. The van der Waals surface area contributed by atoms with Crippen molar-refractivity contribution >= 4 is 33.7 Å². The summed E-state index contributed by atoms with van der Waals surface area (Å²) in [6.07, 6.45) is 0.0525. The van der Waals surface area contributed by atoms with E-state index in [2.05, 4.69) is 4.98 Å². The summed E-state index contributed by atoms with van der Waals surface area (Å²) in [5.74, 6) is -0.341. The van der Waals surface area contributed by atoms with Crippen molar-refractivity contribution < 1.29 is 23.5 Å². The van der Waals surface area contributed by atoms with Crippen molar-refractivity contribution in [1.82, 2.24) is 9.88 Å². The first kappa shape index (κ1) is 23.7. The Morgan fingerprint density at radius 2 is 2.00 bits per heavy atom. The highest BCUT2D eigenvalue weighted by Crippen LogP contribution is 2.33. The number of nitrogens with zero attached hydrogens (tertiary/aromatic N) is 1. The van der Waals surface area contributed by atoms with E-state index in [9.17, 15) is 14.4 Å². The number of hydrogen-bond acceptors (Lipinski definition) is 6. The van der Waals surface area contributed by atoms with Gasteiger partial charge < -0.3 is 23.8 Å². The molecular weight excluding hydrogens is 460 g/mol. The SMILES string of the molecule is CCc1cc(=O)oc2cc(C)cc(O[C@H](C)C(=O)N3Cc4[nH]c5ccccc5c4C[C@H]3C(=O)OC)c12. The lowest BCUT2D eigenvalue weighted by Crippen LogP contribution is -2.52. The van der Waals surface area contributed by atoms with Crippen LogP contribution in [0.25, 0.3) is 21.9 Å². The molecule has 0 unspecified atom stereocenters. The lowest BCUT2D eigenvalue weighted by Gasteiger charge is -2.35. The number of carbonyl (C=O) groups is 2. The molecule has 8 heteroatoms. The van der Waals surface area contributed by atoms with Crippen molar-refractivity contribution in [1.29, 1.82) is 0 Å². The third-order valence-corrected chi connectivity index (χ3v) is 6.83. The number of fused-ring (bicyclic) bond motifs is 4. The molecular formula is C28H28N2O6. The topological polar surface area (TPSA) is 102 Å². The van der Waals surface area contributed by atoms with Crippen LogP contribution in [0.2, 0.25) is 0 Å². The average Bonchev–Trinajstić information content (AvgIpc) is 3.23. The first-order valence-electron chi connectivity index (χ1n) is 12.0. The van der Waals surface area contributed by atoms with E-state index in [1.807, 2.05) is 44.2 Å². The molecule has 3 heterocycles.